The molecule has 0 unspecified atom stereocenters. The number of amides is 2. The molecular formula is C18H29N5O3S. The summed E-state index contributed by atoms with van der Waals surface area (Å²) in [5.41, 5.74) is 6.72. The maximum absolute atomic E-state index is 12.6. The predicted molar refractivity (Wildman–Crippen MR) is 104 cm³/mol. The van der Waals surface area contributed by atoms with E-state index in [1.54, 1.807) is 4.90 Å². The van der Waals surface area contributed by atoms with Crippen LogP contribution in [-0.4, -0.2) is 71.2 Å². The third kappa shape index (κ3) is 4.97. The third-order valence-corrected chi connectivity index (χ3v) is 5.82. The number of carbonyl (C=O) groups is 2. The van der Waals surface area contributed by atoms with Crippen molar-refractivity contribution in [3.8, 4) is 0 Å². The molecule has 1 fully saturated rings. The summed E-state index contributed by atoms with van der Waals surface area (Å²) >= 11 is 1.46. The Bertz CT molecular complexity index is 714. The number of likely N-dealkylation sites (N-methyl/N-ethyl adjacent to an activating group) is 1. The molecule has 2 aliphatic rings. The Morgan fingerprint density at radius 2 is 2.07 bits per heavy atom. The molecule has 8 nitrogen and oxygen atoms in total. The number of aromatic nitrogens is 1. The Balaban J connectivity index is 1.56. The summed E-state index contributed by atoms with van der Waals surface area (Å²) < 4.78 is 5.40. The van der Waals surface area contributed by atoms with Gasteiger partial charge in [0, 0.05) is 49.6 Å². The number of piperidine rings is 1. The molecule has 3 N–H and O–H groups in total. The minimum absolute atomic E-state index is 0.178. The fourth-order valence-corrected chi connectivity index (χ4v) is 4.40. The van der Waals surface area contributed by atoms with E-state index in [1.165, 1.54) is 11.3 Å². The fourth-order valence-electron chi connectivity index (χ4n) is 3.30. The zero-order valence-electron chi connectivity index (χ0n) is 16.4. The molecular weight excluding hydrogens is 366 g/mol. The van der Waals surface area contributed by atoms with Gasteiger partial charge in [-0.2, -0.15) is 0 Å². The number of rotatable bonds is 2. The van der Waals surface area contributed by atoms with Gasteiger partial charge in [0.2, 0.25) is 0 Å². The number of ether oxygens (including phenoxy) is 1. The topological polar surface area (TPSA) is 101 Å². The second kappa shape index (κ2) is 7.73. The molecule has 0 aliphatic carbocycles. The van der Waals surface area contributed by atoms with Crippen LogP contribution < -0.4 is 11.1 Å². The number of carbonyl (C=O) groups excluding carboxylic acids is 2. The highest BCUT2D eigenvalue weighted by Crippen LogP contribution is 2.25. The van der Waals surface area contributed by atoms with E-state index in [2.05, 4.69) is 22.2 Å². The highest BCUT2D eigenvalue weighted by atomic mass is 32.1. The summed E-state index contributed by atoms with van der Waals surface area (Å²) in [5, 5.41) is 3.50. The molecule has 150 valence electrons. The Morgan fingerprint density at radius 3 is 2.74 bits per heavy atom. The van der Waals surface area contributed by atoms with Gasteiger partial charge >= 0.3 is 6.09 Å². The lowest BCUT2D eigenvalue weighted by atomic mass is 10.0. The molecule has 9 heteroatoms. The van der Waals surface area contributed by atoms with Gasteiger partial charge < -0.3 is 25.6 Å². The maximum atomic E-state index is 12.6. The second-order valence-corrected chi connectivity index (χ2v) is 9.42. The SMILES string of the molecule is CN1CCc2nc(C(=O)N[C@H]3CCN(C(=O)OC(C)(C)C)C[C@H]3N)sc2C1. The monoisotopic (exact) mass is 395 g/mol. The van der Waals surface area contributed by atoms with Crippen LogP contribution in [-0.2, 0) is 17.7 Å². The van der Waals surface area contributed by atoms with Crippen molar-refractivity contribution in [2.24, 2.45) is 5.73 Å². The lowest BCUT2D eigenvalue weighted by Gasteiger charge is -2.37. The molecule has 0 aromatic carbocycles. The van der Waals surface area contributed by atoms with Crippen molar-refractivity contribution < 1.29 is 14.3 Å². The Hall–Kier alpha value is -1.71. The standard InChI is InChI=1S/C18H29N5O3S/c1-18(2,3)26-17(25)23-8-6-12(11(19)9-23)20-15(24)16-21-13-5-7-22(4)10-14(13)27-16/h11-12H,5-10,19H2,1-4H3,(H,20,24)/t11-,12+/m1/s1. The first-order valence-electron chi connectivity index (χ1n) is 9.34. The van der Waals surface area contributed by atoms with Crippen LogP contribution >= 0.6 is 11.3 Å². The van der Waals surface area contributed by atoms with Gasteiger partial charge in [0.05, 0.1) is 5.69 Å². The van der Waals surface area contributed by atoms with Crippen LogP contribution in [0.15, 0.2) is 0 Å². The molecule has 0 saturated carbocycles. The van der Waals surface area contributed by atoms with Crippen LogP contribution in [0.25, 0.3) is 0 Å². The van der Waals surface area contributed by atoms with Crippen molar-refractivity contribution >= 4 is 23.3 Å². The van der Waals surface area contributed by atoms with Gasteiger partial charge in [-0.3, -0.25) is 4.79 Å². The molecule has 0 bridgehead atoms. The van der Waals surface area contributed by atoms with Crippen molar-refractivity contribution in [3.63, 3.8) is 0 Å². The lowest BCUT2D eigenvalue weighted by Crippen LogP contribution is -2.59. The summed E-state index contributed by atoms with van der Waals surface area (Å²) in [6.07, 6.45) is 1.11. The summed E-state index contributed by atoms with van der Waals surface area (Å²) in [6, 6.07) is -0.518. The van der Waals surface area contributed by atoms with E-state index in [-0.39, 0.29) is 24.1 Å². The zero-order valence-corrected chi connectivity index (χ0v) is 17.3. The first-order chi connectivity index (χ1) is 12.6. The van der Waals surface area contributed by atoms with Crippen LogP contribution in [0.2, 0.25) is 0 Å². The molecule has 2 atom stereocenters. The van der Waals surface area contributed by atoms with E-state index in [0.29, 0.717) is 24.5 Å². The van der Waals surface area contributed by atoms with Gasteiger partial charge in [-0.25, -0.2) is 9.78 Å². The van der Waals surface area contributed by atoms with Gasteiger partial charge in [-0.15, -0.1) is 11.3 Å². The summed E-state index contributed by atoms with van der Waals surface area (Å²) in [4.78, 5) is 34.3. The van der Waals surface area contributed by atoms with Crippen LogP contribution in [0.4, 0.5) is 4.79 Å². The maximum Gasteiger partial charge on any atom is 0.410 e. The fraction of sp³-hybridized carbons (Fsp3) is 0.722. The zero-order chi connectivity index (χ0) is 19.8. The van der Waals surface area contributed by atoms with Crippen molar-refractivity contribution in [3.05, 3.63) is 15.6 Å². The van der Waals surface area contributed by atoms with E-state index in [1.807, 2.05) is 20.8 Å². The average Bonchev–Trinajstić information content (AvgIpc) is 2.98. The number of likely N-dealkylation sites (tertiary alicyclic amines) is 1. The second-order valence-electron chi connectivity index (χ2n) is 8.34. The number of nitrogens with zero attached hydrogens (tertiary/aromatic N) is 3. The van der Waals surface area contributed by atoms with Gasteiger partial charge in [0.15, 0.2) is 5.01 Å². The molecule has 1 aromatic heterocycles. The highest BCUT2D eigenvalue weighted by Gasteiger charge is 2.33. The van der Waals surface area contributed by atoms with E-state index in [0.717, 1.165) is 30.1 Å². The van der Waals surface area contributed by atoms with Crippen LogP contribution in [0.5, 0.6) is 0 Å². The van der Waals surface area contributed by atoms with Crippen LogP contribution in [0.3, 0.4) is 0 Å². The van der Waals surface area contributed by atoms with Gasteiger partial charge in [0.1, 0.15) is 5.60 Å². The Labute approximate surface area is 164 Å². The van der Waals surface area contributed by atoms with Crippen molar-refractivity contribution in [1.82, 2.24) is 20.1 Å². The van der Waals surface area contributed by atoms with E-state index in [4.69, 9.17) is 10.5 Å². The van der Waals surface area contributed by atoms with Gasteiger partial charge in [-0.05, 0) is 34.2 Å². The van der Waals surface area contributed by atoms with Gasteiger partial charge in [-0.1, -0.05) is 0 Å². The number of fused-ring (bicyclic) bond motifs is 1. The largest absolute Gasteiger partial charge is 0.444 e. The van der Waals surface area contributed by atoms with Crippen LogP contribution in [0, 0.1) is 0 Å². The molecule has 3 rings (SSSR count). The molecule has 0 spiro atoms. The first kappa shape index (κ1) is 20.0. The molecule has 1 aromatic rings. The quantitative estimate of drug-likeness (QED) is 0.780. The van der Waals surface area contributed by atoms with Crippen molar-refractivity contribution in [2.75, 3.05) is 26.7 Å². The molecule has 3 heterocycles. The lowest BCUT2D eigenvalue weighted by molar-refractivity contribution is 0.0179. The predicted octanol–water partition coefficient (Wildman–Crippen LogP) is 1.20. The van der Waals surface area contributed by atoms with Crippen molar-refractivity contribution in [1.29, 1.82) is 0 Å². The van der Waals surface area contributed by atoms with E-state index in [9.17, 15) is 9.59 Å². The first-order valence-corrected chi connectivity index (χ1v) is 10.2. The minimum Gasteiger partial charge on any atom is -0.444 e. The Kier molecular flexibility index (Phi) is 5.73. The Morgan fingerprint density at radius 1 is 1.33 bits per heavy atom. The molecule has 27 heavy (non-hydrogen) atoms. The number of nitrogens with two attached hydrogens (primary N) is 1. The molecule has 2 aliphatic heterocycles. The number of thiazole rings is 1. The molecule has 0 radical (unpaired) electrons. The normalized spacial score (nSPS) is 23.7. The number of hydrogen-bond acceptors (Lipinski definition) is 7. The summed E-state index contributed by atoms with van der Waals surface area (Å²) in [7, 11) is 2.07. The molecule has 1 saturated heterocycles. The summed E-state index contributed by atoms with van der Waals surface area (Å²) in [5.74, 6) is -0.178. The third-order valence-electron chi connectivity index (χ3n) is 4.74. The average molecular weight is 396 g/mol. The van der Waals surface area contributed by atoms with E-state index < -0.39 is 5.60 Å². The van der Waals surface area contributed by atoms with E-state index >= 15 is 0 Å². The van der Waals surface area contributed by atoms with Crippen LogP contribution in [0.1, 0.15) is 47.6 Å². The summed E-state index contributed by atoms with van der Waals surface area (Å²) in [6.45, 7) is 8.18. The minimum atomic E-state index is -0.537. The highest BCUT2D eigenvalue weighted by molar-refractivity contribution is 7.13. The smallest absolute Gasteiger partial charge is 0.410 e. The van der Waals surface area contributed by atoms with Crippen molar-refractivity contribution in [2.45, 2.75) is 57.8 Å². The number of hydrogen-bond donors (Lipinski definition) is 2. The number of nitrogens with one attached hydrogen (secondary N) is 1. The van der Waals surface area contributed by atoms with Gasteiger partial charge in [0.25, 0.3) is 5.91 Å². The molecule has 2 amide bonds.